The summed E-state index contributed by atoms with van der Waals surface area (Å²) in [5.74, 6) is -0.443. The van der Waals surface area contributed by atoms with Crippen molar-refractivity contribution >= 4 is 29.0 Å². The molecule has 0 aliphatic carbocycles. The van der Waals surface area contributed by atoms with Crippen LogP contribution in [0.1, 0.15) is 5.56 Å². The maximum Gasteiger partial charge on any atom is 0.295 e. The van der Waals surface area contributed by atoms with Crippen LogP contribution in [0.15, 0.2) is 35.2 Å². The molecule has 1 fully saturated rings. The molecule has 0 saturated carbocycles. The van der Waals surface area contributed by atoms with Crippen molar-refractivity contribution in [2.45, 2.75) is 0 Å². The van der Waals surface area contributed by atoms with E-state index in [2.05, 4.69) is 0 Å². The number of hydrogen-bond donors (Lipinski definition) is 1. The third-order valence-electron chi connectivity index (χ3n) is 2.11. The molecule has 4 nitrogen and oxygen atoms in total. The number of benzene rings is 1. The zero-order valence-corrected chi connectivity index (χ0v) is 9.11. The molecule has 2 rings (SSSR count). The number of aliphatic hydroxyl groups is 1. The summed E-state index contributed by atoms with van der Waals surface area (Å²) in [5, 5.41) is 8.40. The summed E-state index contributed by atoms with van der Waals surface area (Å²) < 4.78 is 0. The van der Waals surface area contributed by atoms with Gasteiger partial charge in [0.05, 0.1) is 4.91 Å². The minimum Gasteiger partial charge on any atom is -0.376 e. The number of carbonyl (C=O) groups excluding carboxylic acids is 2. The Bertz CT molecular complexity index is 456. The molecular formula is C11H9NO3S. The molecule has 0 atom stereocenters. The Morgan fingerprint density at radius 1 is 1.25 bits per heavy atom. The maximum atomic E-state index is 11.6. The zero-order valence-electron chi connectivity index (χ0n) is 8.29. The summed E-state index contributed by atoms with van der Waals surface area (Å²) in [6.45, 7) is -0.573. The van der Waals surface area contributed by atoms with Gasteiger partial charge in [-0.05, 0) is 23.4 Å². The average Bonchev–Trinajstić information content (AvgIpc) is 2.55. The Hall–Kier alpha value is -1.59. The molecular weight excluding hydrogens is 226 g/mol. The van der Waals surface area contributed by atoms with Crippen molar-refractivity contribution in [3.05, 3.63) is 40.8 Å². The highest BCUT2D eigenvalue weighted by atomic mass is 32.2. The quantitative estimate of drug-likeness (QED) is 0.792. The van der Waals surface area contributed by atoms with Crippen LogP contribution in [0.3, 0.4) is 0 Å². The molecule has 1 saturated heterocycles. The molecule has 16 heavy (non-hydrogen) atoms. The van der Waals surface area contributed by atoms with Crippen LogP contribution < -0.4 is 0 Å². The van der Waals surface area contributed by atoms with Crippen LogP contribution in [0.5, 0.6) is 0 Å². The van der Waals surface area contributed by atoms with Gasteiger partial charge in [-0.2, -0.15) is 0 Å². The Morgan fingerprint density at radius 2 is 1.94 bits per heavy atom. The third kappa shape index (κ3) is 2.00. The van der Waals surface area contributed by atoms with E-state index in [4.69, 9.17) is 5.11 Å². The monoisotopic (exact) mass is 235 g/mol. The molecule has 1 N–H and O–H groups in total. The average molecular weight is 235 g/mol. The van der Waals surface area contributed by atoms with Crippen LogP contribution in [0.2, 0.25) is 0 Å². The second-order valence-electron chi connectivity index (χ2n) is 3.16. The number of amides is 2. The molecule has 1 heterocycles. The second-order valence-corrected chi connectivity index (χ2v) is 4.16. The molecule has 1 aliphatic heterocycles. The van der Waals surface area contributed by atoms with Gasteiger partial charge >= 0.3 is 0 Å². The lowest BCUT2D eigenvalue weighted by molar-refractivity contribution is -0.125. The van der Waals surface area contributed by atoms with Crippen molar-refractivity contribution < 1.29 is 14.7 Å². The van der Waals surface area contributed by atoms with Gasteiger partial charge in [-0.15, -0.1) is 0 Å². The van der Waals surface area contributed by atoms with Gasteiger partial charge in [0.15, 0.2) is 0 Å². The van der Waals surface area contributed by atoms with Crippen LogP contribution in [0.25, 0.3) is 6.08 Å². The largest absolute Gasteiger partial charge is 0.376 e. The van der Waals surface area contributed by atoms with Gasteiger partial charge in [-0.3, -0.25) is 9.59 Å². The van der Waals surface area contributed by atoms with Crippen molar-refractivity contribution in [1.29, 1.82) is 0 Å². The van der Waals surface area contributed by atoms with Crippen LogP contribution in [-0.4, -0.2) is 27.9 Å². The number of thioether (sulfide) groups is 1. The Labute approximate surface area is 96.6 Å². The van der Waals surface area contributed by atoms with E-state index < -0.39 is 17.9 Å². The normalized spacial score (nSPS) is 18.6. The molecule has 0 radical (unpaired) electrons. The minimum absolute atomic E-state index is 0.338. The van der Waals surface area contributed by atoms with E-state index in [0.717, 1.165) is 22.2 Å². The van der Waals surface area contributed by atoms with Crippen molar-refractivity contribution in [3.8, 4) is 0 Å². The van der Waals surface area contributed by atoms with Crippen LogP contribution in [-0.2, 0) is 4.79 Å². The van der Waals surface area contributed by atoms with Gasteiger partial charge in [0.2, 0.25) is 0 Å². The van der Waals surface area contributed by atoms with Crippen LogP contribution in [0, 0.1) is 0 Å². The van der Waals surface area contributed by atoms with Crippen molar-refractivity contribution in [3.63, 3.8) is 0 Å². The number of aliphatic hydroxyl groups excluding tert-OH is 1. The molecule has 2 amide bonds. The molecule has 1 aromatic carbocycles. The van der Waals surface area contributed by atoms with E-state index in [9.17, 15) is 9.59 Å². The van der Waals surface area contributed by atoms with E-state index in [-0.39, 0.29) is 0 Å². The first-order chi connectivity index (χ1) is 7.72. The van der Waals surface area contributed by atoms with Crippen molar-refractivity contribution in [1.82, 2.24) is 4.90 Å². The lowest BCUT2D eigenvalue weighted by Gasteiger charge is -2.05. The molecule has 0 bridgehead atoms. The van der Waals surface area contributed by atoms with E-state index in [0.29, 0.717) is 4.91 Å². The zero-order chi connectivity index (χ0) is 11.5. The number of nitrogens with zero attached hydrogens (tertiary/aromatic N) is 1. The SMILES string of the molecule is O=C1S/C(=C/c2ccccc2)C(=O)N1CO. The Balaban J connectivity index is 2.27. The summed E-state index contributed by atoms with van der Waals surface area (Å²) in [7, 11) is 0. The van der Waals surface area contributed by atoms with E-state index in [1.165, 1.54) is 0 Å². The molecule has 1 aliphatic rings. The van der Waals surface area contributed by atoms with Gasteiger partial charge in [0, 0.05) is 0 Å². The lowest BCUT2D eigenvalue weighted by Crippen LogP contribution is -2.28. The third-order valence-corrected chi connectivity index (χ3v) is 3.02. The first-order valence-corrected chi connectivity index (χ1v) is 5.45. The standard InChI is InChI=1S/C11H9NO3S/c13-7-12-10(14)9(16-11(12)15)6-8-4-2-1-3-5-8/h1-6,13H,7H2/b9-6+. The van der Waals surface area contributed by atoms with E-state index in [1.807, 2.05) is 30.3 Å². The topological polar surface area (TPSA) is 57.6 Å². The van der Waals surface area contributed by atoms with Gasteiger partial charge in [-0.1, -0.05) is 30.3 Å². The highest BCUT2D eigenvalue weighted by molar-refractivity contribution is 8.18. The lowest BCUT2D eigenvalue weighted by atomic mass is 10.2. The Morgan fingerprint density at radius 3 is 2.50 bits per heavy atom. The predicted molar refractivity (Wildman–Crippen MR) is 61.3 cm³/mol. The fourth-order valence-corrected chi connectivity index (χ4v) is 2.15. The minimum atomic E-state index is -0.573. The van der Waals surface area contributed by atoms with Gasteiger partial charge in [-0.25, -0.2) is 4.90 Å². The summed E-state index contributed by atoms with van der Waals surface area (Å²) in [4.78, 5) is 24.0. The smallest absolute Gasteiger partial charge is 0.295 e. The Kier molecular flexibility index (Phi) is 3.07. The fourth-order valence-electron chi connectivity index (χ4n) is 1.32. The van der Waals surface area contributed by atoms with Crippen LogP contribution >= 0.6 is 11.8 Å². The van der Waals surface area contributed by atoms with E-state index in [1.54, 1.807) is 6.08 Å². The highest BCUT2D eigenvalue weighted by Crippen LogP contribution is 2.31. The number of carbonyl (C=O) groups is 2. The predicted octanol–water partition coefficient (Wildman–Crippen LogP) is 1.67. The number of imide groups is 1. The number of hydrogen-bond acceptors (Lipinski definition) is 4. The number of rotatable bonds is 2. The molecule has 0 aromatic heterocycles. The molecule has 1 aromatic rings. The fraction of sp³-hybridized carbons (Fsp3) is 0.0909. The first kappa shape index (κ1) is 10.9. The molecule has 82 valence electrons. The van der Waals surface area contributed by atoms with E-state index >= 15 is 0 Å². The summed E-state index contributed by atoms with van der Waals surface area (Å²) in [6, 6.07) is 9.25. The highest BCUT2D eigenvalue weighted by Gasteiger charge is 2.34. The second kappa shape index (κ2) is 4.51. The molecule has 0 unspecified atom stereocenters. The van der Waals surface area contributed by atoms with Crippen LogP contribution in [0.4, 0.5) is 4.79 Å². The first-order valence-electron chi connectivity index (χ1n) is 4.63. The molecule has 5 heteroatoms. The summed E-state index contributed by atoms with van der Waals surface area (Å²) in [5.41, 5.74) is 0.853. The summed E-state index contributed by atoms with van der Waals surface area (Å²) in [6.07, 6.45) is 1.64. The summed E-state index contributed by atoms with van der Waals surface area (Å²) >= 11 is 0.840. The van der Waals surface area contributed by atoms with Gasteiger partial charge in [0.1, 0.15) is 6.73 Å². The van der Waals surface area contributed by atoms with Gasteiger partial charge < -0.3 is 5.11 Å². The van der Waals surface area contributed by atoms with Crippen molar-refractivity contribution in [2.75, 3.05) is 6.73 Å². The van der Waals surface area contributed by atoms with Gasteiger partial charge in [0.25, 0.3) is 11.1 Å². The van der Waals surface area contributed by atoms with Crippen molar-refractivity contribution in [2.24, 2.45) is 0 Å². The maximum absolute atomic E-state index is 11.6. The molecule has 0 spiro atoms.